The molecule has 0 spiro atoms. The van der Waals surface area contributed by atoms with Crippen LogP contribution < -0.4 is 5.32 Å². The molecule has 0 radical (unpaired) electrons. The maximum Gasteiger partial charge on any atom is 0.0590 e. The quantitative estimate of drug-likeness (QED) is 0.586. The van der Waals surface area contributed by atoms with Crippen LogP contribution in [0.5, 0.6) is 0 Å². The fraction of sp³-hybridized carbons (Fsp3) is 1.00. The minimum Gasteiger partial charge on any atom is -0.380 e. The molecule has 0 aromatic carbocycles. The highest BCUT2D eigenvalue weighted by Gasteiger charge is 1.98. The molecule has 0 aromatic heterocycles. The molecule has 1 atom stereocenters. The smallest absolute Gasteiger partial charge is 0.0590 e. The molecule has 0 aliphatic heterocycles. The molecule has 1 N–H and O–H groups in total. The molecule has 0 aromatic rings. The molecule has 3 heteroatoms. The summed E-state index contributed by atoms with van der Waals surface area (Å²) in [6, 6.07) is 0. The van der Waals surface area contributed by atoms with E-state index in [1.165, 1.54) is 12.8 Å². The summed E-state index contributed by atoms with van der Waals surface area (Å²) in [6.45, 7) is 10.6. The molecule has 0 amide bonds. The van der Waals surface area contributed by atoms with Gasteiger partial charge in [-0.2, -0.15) is 11.8 Å². The lowest BCUT2D eigenvalue weighted by atomic mass is 10.1. The van der Waals surface area contributed by atoms with Crippen LogP contribution in [0.15, 0.2) is 0 Å². The fourth-order valence-corrected chi connectivity index (χ4v) is 1.47. The molecule has 0 aliphatic carbocycles. The molecule has 0 fully saturated rings. The van der Waals surface area contributed by atoms with Gasteiger partial charge in [0.05, 0.1) is 6.61 Å². The SMILES string of the molecule is CSC(C)CCNCCOCCC(C)C. The van der Waals surface area contributed by atoms with Crippen LogP contribution in [-0.2, 0) is 4.74 Å². The predicted octanol–water partition coefficient (Wildman–Crippen LogP) is 2.78. The summed E-state index contributed by atoms with van der Waals surface area (Å²) >= 11 is 1.93. The Hall–Kier alpha value is 0.270. The Labute approximate surface area is 99.5 Å². The monoisotopic (exact) mass is 233 g/mol. The van der Waals surface area contributed by atoms with Crippen molar-refractivity contribution in [3.63, 3.8) is 0 Å². The van der Waals surface area contributed by atoms with Gasteiger partial charge in [0.2, 0.25) is 0 Å². The molecule has 2 nitrogen and oxygen atoms in total. The number of nitrogens with one attached hydrogen (secondary N) is 1. The highest BCUT2D eigenvalue weighted by molar-refractivity contribution is 7.99. The summed E-state index contributed by atoms with van der Waals surface area (Å²) in [5.41, 5.74) is 0. The molecule has 0 heterocycles. The van der Waals surface area contributed by atoms with E-state index in [0.29, 0.717) is 0 Å². The zero-order chi connectivity index (χ0) is 11.5. The Balaban J connectivity index is 2.99. The Morgan fingerprint density at radius 2 is 1.80 bits per heavy atom. The van der Waals surface area contributed by atoms with Gasteiger partial charge in [-0.15, -0.1) is 0 Å². The van der Waals surface area contributed by atoms with E-state index < -0.39 is 0 Å². The summed E-state index contributed by atoms with van der Waals surface area (Å²) in [5, 5.41) is 4.16. The van der Waals surface area contributed by atoms with Gasteiger partial charge in [0.15, 0.2) is 0 Å². The zero-order valence-corrected chi connectivity index (χ0v) is 11.5. The Morgan fingerprint density at radius 3 is 2.40 bits per heavy atom. The summed E-state index contributed by atoms with van der Waals surface area (Å²) in [7, 11) is 0. The van der Waals surface area contributed by atoms with Crippen molar-refractivity contribution < 1.29 is 4.74 Å². The molecular weight excluding hydrogens is 206 g/mol. The Bertz CT molecular complexity index is 131. The van der Waals surface area contributed by atoms with E-state index in [4.69, 9.17) is 4.74 Å². The summed E-state index contributed by atoms with van der Waals surface area (Å²) in [5.74, 6) is 0.750. The molecular formula is C12H27NOS. The molecule has 0 saturated carbocycles. The zero-order valence-electron chi connectivity index (χ0n) is 10.7. The minimum atomic E-state index is 0.750. The van der Waals surface area contributed by atoms with E-state index in [2.05, 4.69) is 32.3 Å². The van der Waals surface area contributed by atoms with E-state index in [-0.39, 0.29) is 0 Å². The van der Waals surface area contributed by atoms with Gasteiger partial charge in [-0.05, 0) is 31.6 Å². The van der Waals surface area contributed by atoms with E-state index in [9.17, 15) is 0 Å². The second kappa shape index (κ2) is 10.8. The maximum absolute atomic E-state index is 5.51. The third-order valence-electron chi connectivity index (χ3n) is 2.39. The van der Waals surface area contributed by atoms with Crippen molar-refractivity contribution in [3.05, 3.63) is 0 Å². The number of ether oxygens (including phenoxy) is 1. The van der Waals surface area contributed by atoms with Crippen LogP contribution in [0, 0.1) is 5.92 Å². The summed E-state index contributed by atoms with van der Waals surface area (Å²) in [6.07, 6.45) is 4.58. The van der Waals surface area contributed by atoms with Gasteiger partial charge < -0.3 is 10.1 Å². The number of thioether (sulfide) groups is 1. The molecule has 0 bridgehead atoms. The number of rotatable bonds is 10. The highest BCUT2D eigenvalue weighted by Crippen LogP contribution is 2.07. The summed E-state index contributed by atoms with van der Waals surface area (Å²) in [4.78, 5) is 0. The lowest BCUT2D eigenvalue weighted by Gasteiger charge is -2.09. The third kappa shape index (κ3) is 12.2. The van der Waals surface area contributed by atoms with Crippen LogP contribution in [0.1, 0.15) is 33.6 Å². The van der Waals surface area contributed by atoms with Crippen LogP contribution >= 0.6 is 11.8 Å². The van der Waals surface area contributed by atoms with Gasteiger partial charge in [-0.25, -0.2) is 0 Å². The first-order chi connectivity index (χ1) is 7.16. The molecule has 0 rings (SSSR count). The van der Waals surface area contributed by atoms with E-state index in [0.717, 1.165) is 37.5 Å². The Morgan fingerprint density at radius 1 is 1.07 bits per heavy atom. The number of hydrogen-bond acceptors (Lipinski definition) is 3. The maximum atomic E-state index is 5.51. The van der Waals surface area contributed by atoms with Crippen molar-refractivity contribution in [2.24, 2.45) is 5.92 Å². The van der Waals surface area contributed by atoms with Crippen LogP contribution in [0.3, 0.4) is 0 Å². The third-order valence-corrected chi connectivity index (χ3v) is 3.43. The molecule has 15 heavy (non-hydrogen) atoms. The van der Waals surface area contributed by atoms with Gasteiger partial charge >= 0.3 is 0 Å². The van der Waals surface area contributed by atoms with Crippen molar-refractivity contribution in [3.8, 4) is 0 Å². The largest absolute Gasteiger partial charge is 0.380 e. The van der Waals surface area contributed by atoms with Crippen molar-refractivity contribution in [2.75, 3.05) is 32.6 Å². The summed E-state index contributed by atoms with van der Waals surface area (Å²) < 4.78 is 5.51. The molecule has 1 unspecified atom stereocenters. The normalized spacial score (nSPS) is 13.4. The van der Waals surface area contributed by atoms with Crippen molar-refractivity contribution in [2.45, 2.75) is 38.9 Å². The predicted molar refractivity (Wildman–Crippen MR) is 70.7 cm³/mol. The fourth-order valence-electron chi connectivity index (χ4n) is 1.11. The van der Waals surface area contributed by atoms with Crippen LogP contribution in [-0.4, -0.2) is 37.8 Å². The average Bonchev–Trinajstić information content (AvgIpc) is 2.21. The topological polar surface area (TPSA) is 21.3 Å². The first-order valence-corrected chi connectivity index (χ1v) is 7.26. The second-order valence-corrected chi connectivity index (χ2v) is 5.66. The molecule has 92 valence electrons. The number of hydrogen-bond donors (Lipinski definition) is 1. The van der Waals surface area contributed by atoms with E-state index in [1.54, 1.807) is 0 Å². The van der Waals surface area contributed by atoms with Gasteiger partial charge in [-0.3, -0.25) is 0 Å². The average molecular weight is 233 g/mol. The Kier molecular flexibility index (Phi) is 11.0. The van der Waals surface area contributed by atoms with Crippen LogP contribution in [0.4, 0.5) is 0 Å². The second-order valence-electron chi connectivity index (χ2n) is 4.38. The first kappa shape index (κ1) is 15.3. The van der Waals surface area contributed by atoms with Gasteiger partial charge in [-0.1, -0.05) is 20.8 Å². The van der Waals surface area contributed by atoms with Crippen LogP contribution in [0.2, 0.25) is 0 Å². The standard InChI is InChI=1S/C12H27NOS/c1-11(2)6-9-14-10-8-13-7-5-12(3)15-4/h11-13H,5-10H2,1-4H3. The van der Waals surface area contributed by atoms with Gasteiger partial charge in [0.1, 0.15) is 0 Å². The van der Waals surface area contributed by atoms with Gasteiger partial charge in [0.25, 0.3) is 0 Å². The molecule has 0 aliphatic rings. The van der Waals surface area contributed by atoms with Crippen molar-refractivity contribution in [1.29, 1.82) is 0 Å². The highest BCUT2D eigenvalue weighted by atomic mass is 32.2. The lowest BCUT2D eigenvalue weighted by molar-refractivity contribution is 0.125. The lowest BCUT2D eigenvalue weighted by Crippen LogP contribution is -2.23. The van der Waals surface area contributed by atoms with Crippen molar-refractivity contribution >= 4 is 11.8 Å². The molecule has 0 saturated heterocycles. The van der Waals surface area contributed by atoms with Crippen LogP contribution in [0.25, 0.3) is 0 Å². The van der Waals surface area contributed by atoms with E-state index >= 15 is 0 Å². The first-order valence-electron chi connectivity index (χ1n) is 5.98. The minimum absolute atomic E-state index is 0.750. The van der Waals surface area contributed by atoms with E-state index in [1.807, 2.05) is 11.8 Å². The van der Waals surface area contributed by atoms with Crippen molar-refractivity contribution in [1.82, 2.24) is 5.32 Å². The van der Waals surface area contributed by atoms with Gasteiger partial charge in [0, 0.05) is 18.4 Å².